The number of aryl methyl sites for hydroxylation is 1. The number of aromatic nitrogens is 1. The van der Waals surface area contributed by atoms with Crippen molar-refractivity contribution in [3.63, 3.8) is 0 Å². The maximum Gasteiger partial charge on any atom is 0.320 e. The molecule has 1 unspecified atom stereocenters. The van der Waals surface area contributed by atoms with Gasteiger partial charge in [0.15, 0.2) is 11.5 Å². The number of halogens is 1. The van der Waals surface area contributed by atoms with Crippen LogP contribution in [0, 0.1) is 0 Å². The second-order valence-electron chi connectivity index (χ2n) is 9.02. The molecule has 5 rings (SSSR count). The Morgan fingerprint density at radius 2 is 2.00 bits per heavy atom. The fourth-order valence-corrected chi connectivity index (χ4v) is 5.44. The predicted molar refractivity (Wildman–Crippen MR) is 137 cm³/mol. The molecule has 7 nitrogen and oxygen atoms in total. The van der Waals surface area contributed by atoms with E-state index in [1.54, 1.807) is 7.11 Å². The highest BCUT2D eigenvalue weighted by molar-refractivity contribution is 6.31. The van der Waals surface area contributed by atoms with Crippen molar-refractivity contribution in [2.75, 3.05) is 46.6 Å². The fourth-order valence-electron chi connectivity index (χ4n) is 5.27. The first-order valence-corrected chi connectivity index (χ1v) is 12.7. The number of rotatable bonds is 6. The molecule has 0 saturated carbocycles. The van der Waals surface area contributed by atoms with Crippen LogP contribution < -0.4 is 9.47 Å². The minimum absolute atomic E-state index is 0.0588. The van der Waals surface area contributed by atoms with E-state index in [-0.39, 0.29) is 12.1 Å². The first kappa shape index (κ1) is 23.8. The third-order valence-electron chi connectivity index (χ3n) is 7.03. The van der Waals surface area contributed by atoms with E-state index in [9.17, 15) is 4.79 Å². The highest BCUT2D eigenvalue weighted by Crippen LogP contribution is 2.41. The van der Waals surface area contributed by atoms with Crippen LogP contribution in [0.2, 0.25) is 5.02 Å². The molecule has 8 heteroatoms. The maximum atomic E-state index is 13.6. The standard InChI is InChI=1S/C27H32ClN3O4/c1-3-35-26-16-22-18(14-25(26)33-2)8-9-31(27(32)30-10-12-34-13-11-30)24(22)7-4-19-17-29-23-15-20(28)5-6-21(19)23/h5-6,14-17,24,29H,3-4,7-13H2,1-2H3. The van der Waals surface area contributed by atoms with E-state index in [2.05, 4.69) is 29.4 Å². The molecule has 0 spiro atoms. The number of amides is 2. The molecule has 2 aliphatic rings. The van der Waals surface area contributed by atoms with Crippen molar-refractivity contribution in [1.29, 1.82) is 0 Å². The number of urea groups is 1. The van der Waals surface area contributed by atoms with Crippen LogP contribution in [-0.4, -0.2) is 67.4 Å². The number of methoxy groups -OCH3 is 1. The molecule has 1 N–H and O–H groups in total. The Labute approximate surface area is 210 Å². The van der Waals surface area contributed by atoms with Gasteiger partial charge in [-0.2, -0.15) is 0 Å². The molecule has 0 radical (unpaired) electrons. The highest BCUT2D eigenvalue weighted by Gasteiger charge is 2.34. The Balaban J connectivity index is 1.48. The summed E-state index contributed by atoms with van der Waals surface area (Å²) in [5.41, 5.74) is 4.61. The van der Waals surface area contributed by atoms with Crippen LogP contribution in [0.5, 0.6) is 11.5 Å². The zero-order valence-corrected chi connectivity index (χ0v) is 21.1. The molecule has 2 amide bonds. The number of fused-ring (bicyclic) bond motifs is 2. The van der Waals surface area contributed by atoms with Crippen LogP contribution in [0.1, 0.15) is 36.1 Å². The second kappa shape index (κ2) is 10.4. The van der Waals surface area contributed by atoms with E-state index < -0.39 is 0 Å². The van der Waals surface area contributed by atoms with Crippen LogP contribution in [0.25, 0.3) is 10.9 Å². The minimum Gasteiger partial charge on any atom is -0.493 e. The summed E-state index contributed by atoms with van der Waals surface area (Å²) in [6.45, 7) is 5.63. The van der Waals surface area contributed by atoms with E-state index in [0.717, 1.165) is 41.8 Å². The molecule has 2 aromatic carbocycles. The number of carbonyl (C=O) groups is 1. The number of nitrogens with one attached hydrogen (secondary N) is 1. The third-order valence-corrected chi connectivity index (χ3v) is 7.26. The monoisotopic (exact) mass is 497 g/mol. The van der Waals surface area contributed by atoms with Gasteiger partial charge in [-0.15, -0.1) is 0 Å². The zero-order chi connectivity index (χ0) is 24.4. The second-order valence-corrected chi connectivity index (χ2v) is 9.46. The van der Waals surface area contributed by atoms with Crippen LogP contribution >= 0.6 is 11.6 Å². The number of carbonyl (C=O) groups excluding carboxylic acids is 1. The van der Waals surface area contributed by atoms with Crippen molar-refractivity contribution >= 4 is 28.5 Å². The molecule has 0 aliphatic carbocycles. The van der Waals surface area contributed by atoms with E-state index >= 15 is 0 Å². The van der Waals surface area contributed by atoms with Crippen molar-refractivity contribution in [1.82, 2.24) is 14.8 Å². The van der Waals surface area contributed by atoms with Gasteiger partial charge >= 0.3 is 6.03 Å². The molecule has 1 fully saturated rings. The van der Waals surface area contributed by atoms with Gasteiger partial charge in [-0.25, -0.2) is 4.79 Å². The number of hydrogen-bond donors (Lipinski definition) is 1. The van der Waals surface area contributed by atoms with Crippen molar-refractivity contribution in [3.05, 3.63) is 58.2 Å². The Bertz CT molecular complexity index is 1200. The lowest BCUT2D eigenvalue weighted by Gasteiger charge is -2.41. The summed E-state index contributed by atoms with van der Waals surface area (Å²) in [5.74, 6) is 1.46. The van der Waals surface area contributed by atoms with Crippen molar-refractivity contribution in [2.24, 2.45) is 0 Å². The quantitative estimate of drug-likeness (QED) is 0.507. The number of hydrogen-bond acceptors (Lipinski definition) is 4. The molecule has 1 aromatic heterocycles. The molecule has 2 aliphatic heterocycles. The summed E-state index contributed by atoms with van der Waals surface area (Å²) in [6, 6.07) is 10.1. The van der Waals surface area contributed by atoms with Gasteiger partial charge in [0, 0.05) is 41.8 Å². The van der Waals surface area contributed by atoms with Crippen molar-refractivity contribution in [3.8, 4) is 11.5 Å². The maximum absolute atomic E-state index is 13.6. The first-order valence-electron chi connectivity index (χ1n) is 12.3. The van der Waals surface area contributed by atoms with E-state index in [1.807, 2.05) is 28.9 Å². The van der Waals surface area contributed by atoms with Crippen LogP contribution in [0.15, 0.2) is 36.5 Å². The molecule has 3 aromatic rings. The van der Waals surface area contributed by atoms with Gasteiger partial charge in [-0.1, -0.05) is 17.7 Å². The van der Waals surface area contributed by atoms with Crippen LogP contribution in [0.4, 0.5) is 4.79 Å². The number of morpholine rings is 1. The predicted octanol–water partition coefficient (Wildman–Crippen LogP) is 5.21. The summed E-state index contributed by atoms with van der Waals surface area (Å²) in [7, 11) is 1.67. The average molecular weight is 498 g/mol. The van der Waals surface area contributed by atoms with Crippen molar-refractivity contribution < 1.29 is 19.0 Å². The largest absolute Gasteiger partial charge is 0.493 e. The molecule has 35 heavy (non-hydrogen) atoms. The van der Waals surface area contributed by atoms with Crippen molar-refractivity contribution in [2.45, 2.75) is 32.2 Å². The Morgan fingerprint density at radius 1 is 1.17 bits per heavy atom. The number of H-pyrrole nitrogens is 1. The summed E-state index contributed by atoms with van der Waals surface area (Å²) >= 11 is 6.18. The molecule has 1 atom stereocenters. The molecule has 3 heterocycles. The highest BCUT2D eigenvalue weighted by atomic mass is 35.5. The first-order chi connectivity index (χ1) is 17.1. The smallest absolute Gasteiger partial charge is 0.320 e. The zero-order valence-electron chi connectivity index (χ0n) is 20.3. The van der Waals surface area contributed by atoms with Gasteiger partial charge < -0.3 is 29.0 Å². The van der Waals surface area contributed by atoms with Crippen LogP contribution in [-0.2, 0) is 17.6 Å². The van der Waals surface area contributed by atoms with Gasteiger partial charge in [0.1, 0.15) is 0 Å². The van der Waals surface area contributed by atoms with E-state index in [4.69, 9.17) is 25.8 Å². The minimum atomic E-state index is -0.0588. The van der Waals surface area contributed by atoms with Gasteiger partial charge in [-0.3, -0.25) is 0 Å². The normalized spacial score (nSPS) is 18.0. The van der Waals surface area contributed by atoms with Gasteiger partial charge in [-0.05, 0) is 67.1 Å². The fraction of sp³-hybridized carbons (Fsp3) is 0.444. The lowest BCUT2D eigenvalue weighted by atomic mass is 9.88. The van der Waals surface area contributed by atoms with E-state index in [0.29, 0.717) is 44.5 Å². The number of nitrogens with zero attached hydrogens (tertiary/aromatic N) is 2. The molecular weight excluding hydrogens is 466 g/mol. The number of aromatic amines is 1. The summed E-state index contributed by atoms with van der Waals surface area (Å²) in [5, 5.41) is 1.88. The lowest BCUT2D eigenvalue weighted by molar-refractivity contribution is 0.0376. The van der Waals surface area contributed by atoms with Crippen LogP contribution in [0.3, 0.4) is 0 Å². The summed E-state index contributed by atoms with van der Waals surface area (Å²) < 4.78 is 17.0. The summed E-state index contributed by atoms with van der Waals surface area (Å²) in [4.78, 5) is 20.9. The number of benzene rings is 2. The van der Waals surface area contributed by atoms with Gasteiger partial charge in [0.05, 0.1) is 33.0 Å². The lowest BCUT2D eigenvalue weighted by Crippen LogP contribution is -2.51. The SMILES string of the molecule is CCOc1cc2c(cc1OC)CCN(C(=O)N1CCOCC1)C2CCc1c[nH]c2cc(Cl)ccc12. The summed E-state index contributed by atoms with van der Waals surface area (Å²) in [6.07, 6.45) is 4.47. The van der Waals surface area contributed by atoms with Gasteiger partial charge in [0.25, 0.3) is 0 Å². The van der Waals surface area contributed by atoms with Gasteiger partial charge in [0.2, 0.25) is 0 Å². The molecule has 0 bridgehead atoms. The number of ether oxygens (including phenoxy) is 3. The Kier molecular flexibility index (Phi) is 7.07. The molecule has 1 saturated heterocycles. The molecule has 186 valence electrons. The third kappa shape index (κ3) is 4.80. The molecular formula is C27H32ClN3O4. The Hall–Kier alpha value is -2.90. The Morgan fingerprint density at radius 3 is 2.77 bits per heavy atom. The topological polar surface area (TPSA) is 67.0 Å². The van der Waals surface area contributed by atoms with E-state index in [1.165, 1.54) is 16.5 Å². The average Bonchev–Trinajstić information content (AvgIpc) is 3.29.